The van der Waals surface area contributed by atoms with Gasteiger partial charge >= 0.3 is 10.2 Å². The SMILES string of the molecule is N#C[C@@H](N)Cc1ccc(-c2ccc(S(F)(F)(F)(F)F)cc2)cc1F. The zero-order valence-electron chi connectivity index (χ0n) is 12.0. The first kappa shape index (κ1) is 18.2. The van der Waals surface area contributed by atoms with Gasteiger partial charge in [-0.25, -0.2) is 4.39 Å². The second kappa shape index (κ2) is 5.16. The molecule has 2 aromatic carbocycles. The molecule has 0 spiro atoms. The van der Waals surface area contributed by atoms with Crippen LogP contribution in [0.1, 0.15) is 5.56 Å². The second-order valence-corrected chi connectivity index (χ2v) is 7.65. The number of hydrogen-bond acceptors (Lipinski definition) is 2. The molecule has 1 atom stereocenters. The second-order valence-electron chi connectivity index (χ2n) is 5.24. The van der Waals surface area contributed by atoms with Crippen molar-refractivity contribution in [2.45, 2.75) is 17.4 Å². The fourth-order valence-corrected chi connectivity index (χ4v) is 2.73. The van der Waals surface area contributed by atoms with E-state index < -0.39 is 27.0 Å². The fourth-order valence-electron chi connectivity index (χ4n) is 2.08. The summed E-state index contributed by atoms with van der Waals surface area (Å²) in [5, 5.41) is 8.61. The van der Waals surface area contributed by atoms with Crippen LogP contribution in [-0.2, 0) is 6.42 Å². The Balaban J connectivity index is 2.34. The topological polar surface area (TPSA) is 49.8 Å². The summed E-state index contributed by atoms with van der Waals surface area (Å²) >= 11 is 0. The maximum absolute atomic E-state index is 14.0. The van der Waals surface area contributed by atoms with Gasteiger partial charge in [-0.2, -0.15) is 5.26 Å². The van der Waals surface area contributed by atoms with Crippen molar-refractivity contribution < 1.29 is 23.8 Å². The van der Waals surface area contributed by atoms with E-state index in [0.29, 0.717) is 0 Å². The third kappa shape index (κ3) is 4.21. The van der Waals surface area contributed by atoms with Crippen LogP contribution < -0.4 is 5.73 Å². The molecule has 0 radical (unpaired) electrons. The summed E-state index contributed by atoms with van der Waals surface area (Å²) in [5.74, 6) is -0.685. The molecule has 0 aromatic heterocycles. The van der Waals surface area contributed by atoms with Crippen molar-refractivity contribution in [2.24, 2.45) is 5.73 Å². The minimum atomic E-state index is -9.73. The molecule has 0 heterocycles. The summed E-state index contributed by atoms with van der Waals surface area (Å²) in [6.07, 6.45) is -0.0221. The molecular weight excluding hydrogens is 354 g/mol. The van der Waals surface area contributed by atoms with E-state index in [-0.39, 0.29) is 35.2 Å². The van der Waals surface area contributed by atoms with Gasteiger partial charge in [-0.05, 0) is 34.9 Å². The molecule has 0 bridgehead atoms. The highest BCUT2D eigenvalue weighted by molar-refractivity contribution is 8.45. The van der Waals surface area contributed by atoms with E-state index in [1.54, 1.807) is 6.07 Å². The molecule has 2 N–H and O–H groups in total. The van der Waals surface area contributed by atoms with E-state index in [1.807, 2.05) is 0 Å². The maximum atomic E-state index is 14.0. The van der Waals surface area contributed by atoms with Crippen LogP contribution >= 0.6 is 10.2 Å². The summed E-state index contributed by atoms with van der Waals surface area (Å²) in [6, 6.07) is 6.92. The molecule has 9 heteroatoms. The van der Waals surface area contributed by atoms with E-state index in [9.17, 15) is 23.8 Å². The average Bonchev–Trinajstić information content (AvgIpc) is 2.47. The summed E-state index contributed by atoms with van der Waals surface area (Å²) in [7, 11) is -9.73. The highest BCUT2D eigenvalue weighted by Crippen LogP contribution is 3.02. The van der Waals surface area contributed by atoms with E-state index in [1.165, 1.54) is 12.1 Å². The van der Waals surface area contributed by atoms with Crippen molar-refractivity contribution in [3.8, 4) is 17.2 Å². The van der Waals surface area contributed by atoms with Gasteiger partial charge < -0.3 is 5.73 Å². The van der Waals surface area contributed by atoms with Crippen molar-refractivity contribution >= 4 is 10.2 Å². The van der Waals surface area contributed by atoms with Gasteiger partial charge in [0.1, 0.15) is 10.7 Å². The summed E-state index contributed by atoms with van der Waals surface area (Å²) < 4.78 is 77.2. The standard InChI is InChI=1S/C15H12F6N2S/c16-15-8-11(1-2-12(15)7-13(23)9-22)10-3-5-14(6-4-10)24(17,18,19,20)21/h1-6,8,13H,7,23H2/t13-/m0/s1. The predicted octanol–water partition coefficient (Wildman–Crippen LogP) is 5.54. The molecule has 0 saturated carbocycles. The van der Waals surface area contributed by atoms with Gasteiger partial charge in [0.15, 0.2) is 0 Å². The highest BCUT2D eigenvalue weighted by Gasteiger charge is 2.65. The predicted molar refractivity (Wildman–Crippen MR) is 80.5 cm³/mol. The lowest BCUT2D eigenvalue weighted by atomic mass is 10.0. The Morgan fingerprint density at radius 1 is 0.958 bits per heavy atom. The molecule has 0 saturated heterocycles. The monoisotopic (exact) mass is 366 g/mol. The van der Waals surface area contributed by atoms with Crippen LogP contribution in [0, 0.1) is 17.1 Å². The first-order chi connectivity index (χ1) is 10.8. The molecule has 0 fully saturated rings. The quantitative estimate of drug-likeness (QED) is 0.722. The molecule has 0 aliphatic rings. The maximum Gasteiger partial charge on any atom is 0.310 e. The Bertz CT molecular complexity index is 809. The van der Waals surface area contributed by atoms with Crippen LogP contribution in [0.3, 0.4) is 0 Å². The lowest BCUT2D eigenvalue weighted by molar-refractivity contribution is 0.364. The number of benzene rings is 2. The normalized spacial score (nSPS) is 15.9. The summed E-state index contributed by atoms with van der Waals surface area (Å²) in [5.41, 5.74) is 5.95. The van der Waals surface area contributed by atoms with Crippen LogP contribution in [-0.4, -0.2) is 6.04 Å². The van der Waals surface area contributed by atoms with Gasteiger partial charge in [-0.1, -0.05) is 43.7 Å². The molecule has 2 nitrogen and oxygen atoms in total. The Morgan fingerprint density at radius 2 is 1.50 bits per heavy atom. The number of nitrogens with two attached hydrogens (primary N) is 1. The molecule has 0 aliphatic heterocycles. The van der Waals surface area contributed by atoms with Crippen LogP contribution in [0.5, 0.6) is 0 Å². The first-order valence-corrected chi connectivity index (χ1v) is 8.53. The third-order valence-corrected chi connectivity index (χ3v) is 4.45. The van der Waals surface area contributed by atoms with E-state index >= 15 is 0 Å². The van der Waals surface area contributed by atoms with Gasteiger partial charge in [0.2, 0.25) is 0 Å². The van der Waals surface area contributed by atoms with E-state index in [4.69, 9.17) is 11.0 Å². The van der Waals surface area contributed by atoms with Gasteiger partial charge in [0, 0.05) is 6.42 Å². The zero-order valence-corrected chi connectivity index (χ0v) is 12.8. The Hall–Kier alpha value is -2.18. The Morgan fingerprint density at radius 3 is 1.96 bits per heavy atom. The number of nitrogens with zero attached hydrogens (tertiary/aromatic N) is 1. The molecule has 0 amide bonds. The lowest BCUT2D eigenvalue weighted by Gasteiger charge is -2.40. The van der Waals surface area contributed by atoms with E-state index in [0.717, 1.165) is 18.2 Å². The molecular formula is C15H12F6N2S. The number of rotatable bonds is 4. The minimum Gasteiger partial charge on any atom is -0.316 e. The number of nitriles is 1. The highest BCUT2D eigenvalue weighted by atomic mass is 32.5. The van der Waals surface area contributed by atoms with Crippen LogP contribution in [0.4, 0.5) is 23.8 Å². The van der Waals surface area contributed by atoms with Crippen molar-refractivity contribution in [1.29, 1.82) is 5.26 Å². The third-order valence-electron chi connectivity index (χ3n) is 3.29. The Kier molecular flexibility index (Phi) is 3.90. The molecule has 0 aliphatic carbocycles. The number of halogens is 6. The van der Waals surface area contributed by atoms with Crippen LogP contribution in [0.15, 0.2) is 47.4 Å². The van der Waals surface area contributed by atoms with Crippen LogP contribution in [0.25, 0.3) is 11.1 Å². The molecule has 130 valence electrons. The van der Waals surface area contributed by atoms with Crippen LogP contribution in [0.2, 0.25) is 0 Å². The van der Waals surface area contributed by atoms with Gasteiger partial charge in [-0.3, -0.25) is 0 Å². The number of hydrogen-bond donors (Lipinski definition) is 1. The van der Waals surface area contributed by atoms with Gasteiger partial charge in [-0.15, -0.1) is 0 Å². The Labute approximate surface area is 134 Å². The molecule has 2 aromatic rings. The van der Waals surface area contributed by atoms with E-state index in [2.05, 4.69) is 0 Å². The first-order valence-electron chi connectivity index (χ1n) is 6.58. The molecule has 2 rings (SSSR count). The lowest BCUT2D eigenvalue weighted by Crippen LogP contribution is -2.20. The molecule has 0 unspecified atom stereocenters. The fraction of sp³-hybridized carbons (Fsp3) is 0.133. The largest absolute Gasteiger partial charge is 0.316 e. The van der Waals surface area contributed by atoms with Gasteiger partial charge in [0.05, 0.1) is 12.1 Å². The average molecular weight is 366 g/mol. The van der Waals surface area contributed by atoms with Crippen molar-refractivity contribution in [3.63, 3.8) is 0 Å². The summed E-state index contributed by atoms with van der Waals surface area (Å²) in [6.45, 7) is 0. The smallest absolute Gasteiger partial charge is 0.310 e. The summed E-state index contributed by atoms with van der Waals surface area (Å²) in [4.78, 5) is -2.00. The minimum absolute atomic E-state index is 0.0221. The zero-order chi connectivity index (χ0) is 18.2. The molecule has 24 heavy (non-hydrogen) atoms. The van der Waals surface area contributed by atoms with Crippen molar-refractivity contribution in [2.75, 3.05) is 0 Å². The van der Waals surface area contributed by atoms with Crippen molar-refractivity contribution in [3.05, 3.63) is 53.8 Å². The van der Waals surface area contributed by atoms with Gasteiger partial charge in [0.25, 0.3) is 0 Å². The van der Waals surface area contributed by atoms with Crippen molar-refractivity contribution in [1.82, 2.24) is 0 Å².